The fraction of sp³-hybridized carbons (Fsp3) is 0.0714. The van der Waals surface area contributed by atoms with Crippen LogP contribution in [0.25, 0.3) is 6.08 Å². The molecule has 0 amide bonds. The second kappa shape index (κ2) is 4.11. The van der Waals surface area contributed by atoms with Crippen LogP contribution in [0.15, 0.2) is 56.8 Å². The first-order valence-corrected chi connectivity index (χ1v) is 8.86. The van der Waals surface area contributed by atoms with Crippen molar-refractivity contribution in [1.29, 1.82) is 0 Å². The standard InChI is InChI=1S/C14H9BrF5NS/c15-11-3-1-9(2-4-11)14-8-10-7-12(5-6-13(10)21-14)22(16,17,18,19)20/h1-8,14H/t14-/m1/s1. The average Bonchev–Trinajstić information content (AvgIpc) is 2.79. The quantitative estimate of drug-likeness (QED) is 0.612. The van der Waals surface area contributed by atoms with Gasteiger partial charge in [0.15, 0.2) is 0 Å². The zero-order valence-electron chi connectivity index (χ0n) is 10.8. The maximum atomic E-state index is 12.8. The molecule has 0 N–H and O–H groups in total. The van der Waals surface area contributed by atoms with Crippen molar-refractivity contribution in [1.82, 2.24) is 0 Å². The van der Waals surface area contributed by atoms with E-state index in [1.165, 1.54) is 6.08 Å². The van der Waals surface area contributed by atoms with E-state index in [1.807, 2.05) is 0 Å². The van der Waals surface area contributed by atoms with Gasteiger partial charge in [0, 0.05) is 4.47 Å². The molecule has 1 atom stereocenters. The summed E-state index contributed by atoms with van der Waals surface area (Å²) in [6.45, 7) is 0. The molecule has 0 unspecified atom stereocenters. The predicted octanol–water partition coefficient (Wildman–Crippen LogP) is 5.26. The van der Waals surface area contributed by atoms with E-state index < -0.39 is 21.2 Å². The average molecular weight is 398 g/mol. The van der Waals surface area contributed by atoms with E-state index in [4.69, 9.17) is 0 Å². The Morgan fingerprint density at radius 1 is 0.909 bits per heavy atom. The Labute approximate surface area is 131 Å². The molecule has 22 heavy (non-hydrogen) atoms. The Bertz CT molecular complexity index is 875. The summed E-state index contributed by atoms with van der Waals surface area (Å²) in [7, 11) is -9.66. The van der Waals surface area contributed by atoms with Gasteiger partial charge in [-0.25, -0.2) is 0 Å². The summed E-state index contributed by atoms with van der Waals surface area (Å²) >= 11 is 3.28. The van der Waals surface area contributed by atoms with Crippen LogP contribution < -0.4 is 10.6 Å². The molecular formula is C14H9BrF5NS. The fourth-order valence-electron chi connectivity index (χ4n) is 2.21. The largest absolute Gasteiger partial charge is 0.310 e. The molecule has 0 saturated carbocycles. The number of rotatable bonds is 2. The number of hydrogen-bond donors (Lipinski definition) is 0. The lowest BCUT2D eigenvalue weighted by molar-refractivity contribution is 0.364. The third kappa shape index (κ3) is 3.03. The van der Waals surface area contributed by atoms with Gasteiger partial charge in [0.25, 0.3) is 0 Å². The van der Waals surface area contributed by atoms with Crippen molar-refractivity contribution in [2.75, 3.05) is 0 Å². The Morgan fingerprint density at radius 3 is 2.14 bits per heavy atom. The Morgan fingerprint density at radius 2 is 1.55 bits per heavy atom. The van der Waals surface area contributed by atoms with Gasteiger partial charge < -0.3 is 0 Å². The van der Waals surface area contributed by atoms with Gasteiger partial charge in [-0.05, 0) is 47.2 Å². The molecule has 1 aliphatic rings. The maximum Gasteiger partial charge on any atom is 0.310 e. The van der Waals surface area contributed by atoms with Crippen molar-refractivity contribution in [3.63, 3.8) is 0 Å². The van der Waals surface area contributed by atoms with Crippen molar-refractivity contribution >= 4 is 32.2 Å². The number of hydrogen-bond acceptors (Lipinski definition) is 1. The zero-order chi connectivity index (χ0) is 16.2. The van der Waals surface area contributed by atoms with Gasteiger partial charge in [-0.3, -0.25) is 4.99 Å². The third-order valence-electron chi connectivity index (χ3n) is 3.27. The molecule has 0 saturated heterocycles. The van der Waals surface area contributed by atoms with Crippen molar-refractivity contribution in [2.24, 2.45) is 4.99 Å². The minimum Gasteiger partial charge on any atom is -0.272 e. The first-order chi connectivity index (χ1) is 9.92. The molecule has 0 bridgehead atoms. The first-order valence-electron chi connectivity index (χ1n) is 6.12. The molecule has 1 heterocycles. The molecule has 0 spiro atoms. The fourth-order valence-corrected chi connectivity index (χ4v) is 3.15. The smallest absolute Gasteiger partial charge is 0.272 e. The summed E-state index contributed by atoms with van der Waals surface area (Å²) in [6.07, 6.45) is 1.45. The number of fused-ring (bicyclic) bond motifs is 1. The highest BCUT2D eigenvalue weighted by molar-refractivity contribution is 9.10. The number of nitrogens with zero attached hydrogens (tertiary/aromatic N) is 1. The van der Waals surface area contributed by atoms with Gasteiger partial charge in [0.05, 0.1) is 11.4 Å². The molecule has 2 aromatic carbocycles. The second-order valence-corrected chi connectivity index (χ2v) is 8.31. The van der Waals surface area contributed by atoms with Gasteiger partial charge >= 0.3 is 10.2 Å². The van der Waals surface area contributed by atoms with Crippen LogP contribution in [0.2, 0.25) is 0 Å². The summed E-state index contributed by atoms with van der Waals surface area (Å²) < 4.78 is 65.0. The molecule has 118 valence electrons. The van der Waals surface area contributed by atoms with Gasteiger partial charge in [-0.2, -0.15) is 0 Å². The lowest BCUT2D eigenvalue weighted by Gasteiger charge is -2.40. The van der Waals surface area contributed by atoms with Gasteiger partial charge in [-0.1, -0.05) is 47.5 Å². The molecule has 0 aromatic heterocycles. The number of benzene rings is 2. The van der Waals surface area contributed by atoms with Crippen molar-refractivity contribution in [3.05, 3.63) is 63.1 Å². The van der Waals surface area contributed by atoms with E-state index in [0.717, 1.165) is 16.1 Å². The minimum absolute atomic E-state index is 0.0682. The summed E-state index contributed by atoms with van der Waals surface area (Å²) in [6, 6.07) is 8.47. The molecule has 0 radical (unpaired) electrons. The molecule has 2 aromatic rings. The van der Waals surface area contributed by atoms with Crippen LogP contribution in [0.3, 0.4) is 0 Å². The molecule has 1 aliphatic heterocycles. The topological polar surface area (TPSA) is 12.4 Å². The normalized spacial score (nSPS) is 20.4. The third-order valence-corrected chi connectivity index (χ3v) is 4.95. The highest BCUT2D eigenvalue weighted by Gasteiger charge is 2.65. The monoisotopic (exact) mass is 397 g/mol. The predicted molar refractivity (Wildman–Crippen MR) is 80.0 cm³/mol. The summed E-state index contributed by atoms with van der Waals surface area (Å²) in [5, 5.41) is 0.345. The highest BCUT2D eigenvalue weighted by Crippen LogP contribution is 3.01. The van der Waals surface area contributed by atoms with Crippen molar-refractivity contribution < 1.29 is 19.4 Å². The van der Waals surface area contributed by atoms with E-state index in [9.17, 15) is 19.4 Å². The molecule has 3 rings (SSSR count). The lowest BCUT2D eigenvalue weighted by atomic mass is 10.1. The van der Waals surface area contributed by atoms with Gasteiger partial charge in [-0.15, -0.1) is 0 Å². The molecule has 0 fully saturated rings. The van der Waals surface area contributed by atoms with Crippen LogP contribution in [0.5, 0.6) is 0 Å². The maximum absolute atomic E-state index is 12.8. The number of halogens is 6. The Kier molecular flexibility index (Phi) is 2.89. The second-order valence-electron chi connectivity index (χ2n) is 4.98. The van der Waals surface area contributed by atoms with E-state index >= 15 is 0 Å². The first kappa shape index (κ1) is 15.5. The SMILES string of the molecule is FS(F)(F)(F)(F)c1ccc2c(c1)=C[C@H](c1ccc(Br)cc1)N=2. The molecule has 1 nitrogen and oxygen atoms in total. The van der Waals surface area contributed by atoms with Crippen LogP contribution in [0.4, 0.5) is 19.4 Å². The minimum atomic E-state index is -9.66. The molecule has 8 heteroatoms. The van der Waals surface area contributed by atoms with Crippen LogP contribution in [-0.4, -0.2) is 0 Å². The summed E-state index contributed by atoms with van der Waals surface area (Å²) in [5.74, 6) is 0. The van der Waals surface area contributed by atoms with Crippen molar-refractivity contribution in [2.45, 2.75) is 10.9 Å². The van der Waals surface area contributed by atoms with Crippen LogP contribution in [-0.2, 0) is 0 Å². The zero-order valence-corrected chi connectivity index (χ0v) is 13.2. The van der Waals surface area contributed by atoms with E-state index in [1.54, 1.807) is 24.3 Å². The highest BCUT2D eigenvalue weighted by atomic mass is 79.9. The van der Waals surface area contributed by atoms with E-state index in [2.05, 4.69) is 20.9 Å². The molecular weight excluding hydrogens is 389 g/mol. The van der Waals surface area contributed by atoms with E-state index in [-0.39, 0.29) is 10.6 Å². The van der Waals surface area contributed by atoms with Crippen LogP contribution in [0.1, 0.15) is 11.6 Å². The van der Waals surface area contributed by atoms with Crippen molar-refractivity contribution in [3.8, 4) is 0 Å². The summed E-state index contributed by atoms with van der Waals surface area (Å²) in [4.78, 5) is 2.36. The molecule has 0 aliphatic carbocycles. The van der Waals surface area contributed by atoms with Gasteiger partial charge in [0.1, 0.15) is 4.90 Å². The lowest BCUT2D eigenvalue weighted by Crippen LogP contribution is -2.23. The van der Waals surface area contributed by atoms with Gasteiger partial charge in [0.2, 0.25) is 0 Å². The van der Waals surface area contributed by atoms with E-state index in [0.29, 0.717) is 12.1 Å². The van der Waals surface area contributed by atoms with Crippen LogP contribution in [0, 0.1) is 0 Å². The summed E-state index contributed by atoms with van der Waals surface area (Å²) in [5.41, 5.74) is 0.772. The van der Waals surface area contributed by atoms with Crippen LogP contribution >= 0.6 is 26.2 Å². The Balaban J connectivity index is 2.09. The Hall–Kier alpha value is -1.41.